The number of hydrogen-bond donors (Lipinski definition) is 1. The minimum absolute atomic E-state index is 0.0295. The topological polar surface area (TPSA) is 101 Å². The molecule has 1 saturated heterocycles. The highest BCUT2D eigenvalue weighted by atomic mass is 32.2. The molecule has 1 aromatic rings. The van der Waals surface area contributed by atoms with Crippen LogP contribution in [0.3, 0.4) is 0 Å². The minimum atomic E-state index is -3.83. The van der Waals surface area contributed by atoms with Crippen LogP contribution < -0.4 is 0 Å². The van der Waals surface area contributed by atoms with Gasteiger partial charge in [0.2, 0.25) is 10.0 Å². The molecule has 1 aliphatic rings. The first kappa shape index (κ1) is 16.9. The number of piperidine rings is 1. The van der Waals surface area contributed by atoms with Crippen molar-refractivity contribution in [1.29, 1.82) is 0 Å². The fourth-order valence-electron chi connectivity index (χ4n) is 2.46. The van der Waals surface area contributed by atoms with E-state index in [0.717, 1.165) is 11.3 Å². The monoisotopic (exact) mass is 347 g/mol. The zero-order valence-corrected chi connectivity index (χ0v) is 13.9. The number of aryl methyl sites for hydroxylation is 1. The molecule has 1 aliphatic heterocycles. The van der Waals surface area contributed by atoms with E-state index in [-0.39, 0.29) is 35.7 Å². The number of aliphatic carboxylic acids is 1. The lowest BCUT2D eigenvalue weighted by Gasteiger charge is -2.29. The van der Waals surface area contributed by atoms with Gasteiger partial charge in [0.05, 0.1) is 13.0 Å². The van der Waals surface area contributed by atoms with Gasteiger partial charge in [0, 0.05) is 13.1 Å². The van der Waals surface area contributed by atoms with Crippen LogP contribution in [0, 0.1) is 12.8 Å². The Morgan fingerprint density at radius 2 is 1.95 bits per heavy atom. The number of rotatable bonds is 4. The molecule has 1 aromatic heterocycles. The van der Waals surface area contributed by atoms with Gasteiger partial charge in [-0.1, -0.05) is 0 Å². The average Bonchev–Trinajstić information content (AvgIpc) is 2.89. The Hall–Kier alpha value is -1.45. The van der Waals surface area contributed by atoms with Crippen LogP contribution >= 0.6 is 11.3 Å². The van der Waals surface area contributed by atoms with E-state index in [4.69, 9.17) is 5.11 Å². The Balaban J connectivity index is 2.31. The maximum Gasteiger partial charge on any atom is 0.349 e. The Kier molecular flexibility index (Phi) is 4.88. The van der Waals surface area contributed by atoms with Crippen LogP contribution in [-0.2, 0) is 19.6 Å². The summed E-state index contributed by atoms with van der Waals surface area (Å²) in [5, 5.41) is 10.6. The highest BCUT2D eigenvalue weighted by molar-refractivity contribution is 7.89. The number of carboxylic acids is 1. The summed E-state index contributed by atoms with van der Waals surface area (Å²) < 4.78 is 31.4. The second-order valence-corrected chi connectivity index (χ2v) is 7.84. The van der Waals surface area contributed by atoms with Gasteiger partial charge in [-0.2, -0.15) is 4.31 Å². The molecule has 7 nitrogen and oxygen atoms in total. The first-order chi connectivity index (χ1) is 10.3. The van der Waals surface area contributed by atoms with E-state index in [1.165, 1.54) is 11.4 Å². The highest BCUT2D eigenvalue weighted by Gasteiger charge is 2.36. The van der Waals surface area contributed by atoms with Crippen molar-refractivity contribution in [3.63, 3.8) is 0 Å². The zero-order valence-electron chi connectivity index (χ0n) is 12.2. The molecule has 0 atom stereocenters. The molecule has 1 N–H and O–H groups in total. The maximum atomic E-state index is 12.8. The zero-order chi connectivity index (χ0) is 16.5. The molecule has 0 unspecified atom stereocenters. The van der Waals surface area contributed by atoms with Gasteiger partial charge >= 0.3 is 11.9 Å². The summed E-state index contributed by atoms with van der Waals surface area (Å²) in [6.07, 6.45) is 0.538. The summed E-state index contributed by atoms with van der Waals surface area (Å²) >= 11 is 1.03. The third kappa shape index (κ3) is 3.01. The second-order valence-electron chi connectivity index (χ2n) is 5.09. The number of methoxy groups -OCH3 is 1. The van der Waals surface area contributed by atoms with Crippen molar-refractivity contribution in [2.75, 3.05) is 20.2 Å². The van der Waals surface area contributed by atoms with Gasteiger partial charge in [-0.25, -0.2) is 13.2 Å². The number of hydrogen-bond acceptors (Lipinski definition) is 6. The molecule has 2 heterocycles. The van der Waals surface area contributed by atoms with Crippen molar-refractivity contribution in [1.82, 2.24) is 4.31 Å². The summed E-state index contributed by atoms with van der Waals surface area (Å²) in [7, 11) is -2.63. The fraction of sp³-hybridized carbons (Fsp3) is 0.538. The van der Waals surface area contributed by atoms with Crippen molar-refractivity contribution in [2.24, 2.45) is 5.92 Å². The van der Waals surface area contributed by atoms with Crippen LogP contribution in [0.1, 0.15) is 28.1 Å². The summed E-state index contributed by atoms with van der Waals surface area (Å²) in [6.45, 7) is 1.89. The van der Waals surface area contributed by atoms with Crippen LogP contribution in [-0.4, -0.2) is 50.0 Å². The van der Waals surface area contributed by atoms with Crippen LogP contribution in [0.4, 0.5) is 0 Å². The molecule has 1 fully saturated rings. The lowest BCUT2D eigenvalue weighted by Crippen LogP contribution is -2.40. The number of nitrogens with zero attached hydrogens (tertiary/aromatic N) is 1. The van der Waals surface area contributed by atoms with Crippen molar-refractivity contribution >= 4 is 33.3 Å². The lowest BCUT2D eigenvalue weighted by molar-refractivity contribution is -0.142. The molecule has 0 aliphatic carbocycles. The normalized spacial score (nSPS) is 17.4. The Bertz CT molecular complexity index is 685. The molecule has 2 rings (SSSR count). The van der Waals surface area contributed by atoms with E-state index < -0.39 is 27.9 Å². The van der Waals surface area contributed by atoms with Crippen molar-refractivity contribution < 1.29 is 27.9 Å². The first-order valence-corrected chi connectivity index (χ1v) is 9.00. The van der Waals surface area contributed by atoms with Gasteiger partial charge in [-0.15, -0.1) is 11.3 Å². The molecular weight excluding hydrogens is 330 g/mol. The Morgan fingerprint density at radius 3 is 2.45 bits per heavy atom. The van der Waals surface area contributed by atoms with Crippen LogP contribution in [0.2, 0.25) is 0 Å². The second kappa shape index (κ2) is 6.35. The van der Waals surface area contributed by atoms with Gasteiger partial charge in [0.15, 0.2) is 0 Å². The van der Waals surface area contributed by atoms with Crippen molar-refractivity contribution in [3.05, 3.63) is 15.8 Å². The number of ether oxygens (including phenoxy) is 1. The number of carboxylic acid groups (broad SMARTS) is 1. The first-order valence-electron chi connectivity index (χ1n) is 6.68. The molecule has 0 saturated carbocycles. The summed E-state index contributed by atoms with van der Waals surface area (Å²) in [5.41, 5.74) is 0.491. The fourth-order valence-corrected chi connectivity index (χ4v) is 5.59. The minimum Gasteiger partial charge on any atom is -0.481 e. The smallest absolute Gasteiger partial charge is 0.349 e. The van der Waals surface area contributed by atoms with E-state index in [1.807, 2.05) is 0 Å². The van der Waals surface area contributed by atoms with E-state index in [0.29, 0.717) is 5.56 Å². The van der Waals surface area contributed by atoms with Gasteiger partial charge in [-0.3, -0.25) is 4.79 Å². The third-order valence-corrected chi connectivity index (χ3v) is 6.98. The van der Waals surface area contributed by atoms with Crippen molar-refractivity contribution in [2.45, 2.75) is 24.7 Å². The third-order valence-electron chi connectivity index (χ3n) is 3.69. The molecule has 122 valence electrons. The molecule has 0 aromatic carbocycles. The number of carbonyl (C=O) groups excluding carboxylic acids is 1. The van der Waals surface area contributed by atoms with Gasteiger partial charge < -0.3 is 9.84 Å². The average molecular weight is 347 g/mol. The van der Waals surface area contributed by atoms with Crippen LogP contribution in [0.5, 0.6) is 0 Å². The van der Waals surface area contributed by atoms with E-state index >= 15 is 0 Å². The maximum absolute atomic E-state index is 12.8. The predicted molar refractivity (Wildman–Crippen MR) is 79.5 cm³/mol. The largest absolute Gasteiger partial charge is 0.481 e. The van der Waals surface area contributed by atoms with E-state index in [1.54, 1.807) is 12.3 Å². The molecule has 9 heteroatoms. The number of esters is 1. The Labute approximate surface area is 132 Å². The summed E-state index contributed by atoms with van der Waals surface area (Å²) in [4.78, 5) is 22.7. The summed E-state index contributed by atoms with van der Waals surface area (Å²) in [5.74, 6) is -2.11. The molecule has 22 heavy (non-hydrogen) atoms. The number of sulfonamides is 1. The quantitative estimate of drug-likeness (QED) is 0.825. The van der Waals surface area contributed by atoms with Crippen molar-refractivity contribution in [3.8, 4) is 0 Å². The van der Waals surface area contributed by atoms with Gasteiger partial charge in [0.1, 0.15) is 9.77 Å². The van der Waals surface area contributed by atoms with E-state index in [9.17, 15) is 18.0 Å². The standard InChI is InChI=1S/C13H17NO6S2/c1-8-7-21-10(13(17)20-2)11(8)22(18,19)14-5-3-9(4-6-14)12(15)16/h7,9H,3-6H2,1-2H3,(H,15,16). The highest BCUT2D eigenvalue weighted by Crippen LogP contribution is 2.32. The predicted octanol–water partition coefficient (Wildman–Crippen LogP) is 1.33. The summed E-state index contributed by atoms with van der Waals surface area (Å²) in [6, 6.07) is 0. The molecular formula is C13H17NO6S2. The van der Waals surface area contributed by atoms with Crippen LogP contribution in [0.25, 0.3) is 0 Å². The molecule has 0 bridgehead atoms. The molecule has 0 amide bonds. The molecule has 0 spiro atoms. The SMILES string of the molecule is COC(=O)c1scc(C)c1S(=O)(=O)N1CCC(C(=O)O)CC1. The van der Waals surface area contributed by atoms with E-state index in [2.05, 4.69) is 4.74 Å². The number of carbonyl (C=O) groups is 2. The Morgan fingerprint density at radius 1 is 1.36 bits per heavy atom. The lowest BCUT2D eigenvalue weighted by atomic mass is 9.99. The van der Waals surface area contributed by atoms with Gasteiger partial charge in [0.25, 0.3) is 0 Å². The van der Waals surface area contributed by atoms with Crippen LogP contribution in [0.15, 0.2) is 10.3 Å². The molecule has 0 radical (unpaired) electrons. The number of thiophene rings is 1. The van der Waals surface area contributed by atoms with Gasteiger partial charge in [-0.05, 0) is 30.7 Å².